The number of carbonyl (C=O) groups is 1. The number of rotatable bonds is 3. The Bertz CT molecular complexity index is 404. The van der Waals surface area contributed by atoms with Gasteiger partial charge in [-0.2, -0.15) is 0 Å². The lowest BCUT2D eigenvalue weighted by atomic mass is 9.77. The van der Waals surface area contributed by atoms with E-state index in [1.54, 1.807) is 0 Å². The summed E-state index contributed by atoms with van der Waals surface area (Å²) in [6.07, 6.45) is 2.62. The third kappa shape index (κ3) is 3.13. The summed E-state index contributed by atoms with van der Waals surface area (Å²) < 4.78 is 0.738. The van der Waals surface area contributed by atoms with E-state index in [1.165, 1.54) is 11.3 Å². The summed E-state index contributed by atoms with van der Waals surface area (Å²) in [5, 5.41) is 2.94. The van der Waals surface area contributed by atoms with Crippen LogP contribution in [0.2, 0.25) is 4.34 Å². The predicted octanol–water partition coefficient (Wildman–Crippen LogP) is 2.88. The molecule has 17 heavy (non-hydrogen) atoms. The fourth-order valence-corrected chi connectivity index (χ4v) is 2.82. The van der Waals surface area contributed by atoms with Crippen molar-refractivity contribution in [2.24, 2.45) is 5.73 Å². The van der Waals surface area contributed by atoms with Gasteiger partial charge in [-0.3, -0.25) is 4.79 Å². The third-order valence-electron chi connectivity index (χ3n) is 3.07. The minimum atomic E-state index is -0.630. The zero-order valence-electron chi connectivity index (χ0n) is 9.53. The molecular weight excluding hydrogens is 279 g/mol. The minimum absolute atomic E-state index is 0. The number of hydrogen-bond acceptors (Lipinski definition) is 3. The van der Waals surface area contributed by atoms with Gasteiger partial charge in [-0.15, -0.1) is 23.7 Å². The zero-order chi connectivity index (χ0) is 11.8. The molecule has 0 spiro atoms. The molecule has 96 valence electrons. The number of thiophene rings is 1. The second-order valence-corrected chi connectivity index (χ2v) is 6.09. The molecule has 1 aromatic rings. The van der Waals surface area contributed by atoms with Gasteiger partial charge < -0.3 is 11.1 Å². The fourth-order valence-electron chi connectivity index (χ4n) is 1.76. The molecule has 1 aliphatic rings. The smallest absolute Gasteiger partial charge is 0.240 e. The average molecular weight is 295 g/mol. The van der Waals surface area contributed by atoms with Gasteiger partial charge in [0.25, 0.3) is 0 Å². The minimum Gasteiger partial charge on any atom is -0.347 e. The molecule has 0 saturated heterocycles. The topological polar surface area (TPSA) is 55.1 Å². The average Bonchev–Trinajstić information content (AvgIpc) is 2.61. The molecular formula is C11H16Cl2N2OS. The van der Waals surface area contributed by atoms with Gasteiger partial charge >= 0.3 is 0 Å². The molecule has 1 heterocycles. The quantitative estimate of drug-likeness (QED) is 0.901. The van der Waals surface area contributed by atoms with Gasteiger partial charge in [0.15, 0.2) is 0 Å². The van der Waals surface area contributed by atoms with Crippen LogP contribution in [0.25, 0.3) is 0 Å². The summed E-state index contributed by atoms with van der Waals surface area (Å²) >= 11 is 7.33. The molecule has 1 aliphatic carbocycles. The van der Waals surface area contributed by atoms with Crippen LogP contribution in [0.4, 0.5) is 0 Å². The van der Waals surface area contributed by atoms with Crippen LogP contribution >= 0.6 is 35.3 Å². The largest absolute Gasteiger partial charge is 0.347 e. The maximum atomic E-state index is 11.9. The molecule has 1 aromatic heterocycles. The highest BCUT2D eigenvalue weighted by Gasteiger charge is 2.40. The normalized spacial score (nSPS) is 18.8. The Labute approximate surface area is 116 Å². The van der Waals surface area contributed by atoms with Gasteiger partial charge in [0, 0.05) is 4.88 Å². The first-order valence-electron chi connectivity index (χ1n) is 5.36. The summed E-state index contributed by atoms with van der Waals surface area (Å²) in [7, 11) is 0. The SMILES string of the molecule is CC(NC(=O)C1(N)CCC1)c1ccc(Cl)s1.Cl. The zero-order valence-corrected chi connectivity index (χ0v) is 11.9. The van der Waals surface area contributed by atoms with E-state index in [9.17, 15) is 4.79 Å². The van der Waals surface area contributed by atoms with Crippen molar-refractivity contribution in [2.45, 2.75) is 37.8 Å². The second kappa shape index (κ2) is 5.57. The van der Waals surface area contributed by atoms with E-state index in [1.807, 2.05) is 19.1 Å². The molecule has 3 N–H and O–H groups in total. The number of carbonyl (C=O) groups excluding carboxylic acids is 1. The standard InChI is InChI=1S/C11H15ClN2OS.ClH/c1-7(8-3-4-9(12)16-8)14-10(15)11(13)5-2-6-11;/h3-4,7H,2,5-6,13H2,1H3,(H,14,15);1H. The highest BCUT2D eigenvalue weighted by molar-refractivity contribution is 7.16. The first kappa shape index (κ1) is 14.8. The Morgan fingerprint density at radius 3 is 2.65 bits per heavy atom. The first-order chi connectivity index (χ1) is 7.51. The van der Waals surface area contributed by atoms with E-state index in [0.717, 1.165) is 28.5 Å². The van der Waals surface area contributed by atoms with Gasteiger partial charge in [-0.05, 0) is 38.3 Å². The number of nitrogens with two attached hydrogens (primary N) is 1. The van der Waals surface area contributed by atoms with Crippen molar-refractivity contribution in [3.8, 4) is 0 Å². The van der Waals surface area contributed by atoms with Crippen LogP contribution < -0.4 is 11.1 Å². The van der Waals surface area contributed by atoms with Gasteiger partial charge in [0.05, 0.1) is 15.9 Å². The lowest BCUT2D eigenvalue weighted by Gasteiger charge is -2.37. The van der Waals surface area contributed by atoms with Crippen molar-refractivity contribution in [1.29, 1.82) is 0 Å². The Morgan fingerprint density at radius 2 is 2.24 bits per heavy atom. The van der Waals surface area contributed by atoms with Crippen LogP contribution in [-0.4, -0.2) is 11.4 Å². The fraction of sp³-hybridized carbons (Fsp3) is 0.545. The second-order valence-electron chi connectivity index (χ2n) is 4.35. The highest BCUT2D eigenvalue weighted by atomic mass is 35.5. The van der Waals surface area contributed by atoms with Gasteiger partial charge in [-0.25, -0.2) is 0 Å². The van der Waals surface area contributed by atoms with Crippen molar-refractivity contribution < 1.29 is 4.79 Å². The van der Waals surface area contributed by atoms with Crippen molar-refractivity contribution >= 4 is 41.3 Å². The molecule has 1 fully saturated rings. The number of hydrogen-bond donors (Lipinski definition) is 2. The van der Waals surface area contributed by atoms with Crippen LogP contribution in [0.15, 0.2) is 12.1 Å². The van der Waals surface area contributed by atoms with Crippen LogP contribution in [0, 0.1) is 0 Å². The van der Waals surface area contributed by atoms with Crippen LogP contribution in [0.5, 0.6) is 0 Å². The van der Waals surface area contributed by atoms with Gasteiger partial charge in [0.1, 0.15) is 0 Å². The molecule has 6 heteroatoms. The third-order valence-corrected chi connectivity index (χ3v) is 4.48. The van der Waals surface area contributed by atoms with Gasteiger partial charge in [0.2, 0.25) is 5.91 Å². The Kier molecular flexibility index (Phi) is 4.84. The molecule has 1 amide bonds. The number of nitrogens with one attached hydrogen (secondary N) is 1. The Balaban J connectivity index is 0.00000144. The van der Waals surface area contributed by atoms with E-state index in [0.29, 0.717) is 0 Å². The summed E-state index contributed by atoms with van der Waals surface area (Å²) in [5.74, 6) is -0.0456. The molecule has 1 unspecified atom stereocenters. The Morgan fingerprint density at radius 1 is 1.59 bits per heavy atom. The highest BCUT2D eigenvalue weighted by Crippen LogP contribution is 2.31. The molecule has 1 saturated carbocycles. The lowest BCUT2D eigenvalue weighted by Crippen LogP contribution is -2.58. The van der Waals surface area contributed by atoms with E-state index in [-0.39, 0.29) is 24.4 Å². The van der Waals surface area contributed by atoms with Crippen molar-refractivity contribution in [3.05, 3.63) is 21.3 Å². The lowest BCUT2D eigenvalue weighted by molar-refractivity contribution is -0.129. The monoisotopic (exact) mass is 294 g/mol. The molecule has 1 atom stereocenters. The van der Waals surface area contributed by atoms with Crippen LogP contribution in [0.1, 0.15) is 37.1 Å². The molecule has 0 radical (unpaired) electrons. The summed E-state index contributed by atoms with van der Waals surface area (Å²) in [6.45, 7) is 1.95. The molecule has 2 rings (SSSR count). The van der Waals surface area contributed by atoms with Crippen molar-refractivity contribution in [1.82, 2.24) is 5.32 Å². The van der Waals surface area contributed by atoms with Gasteiger partial charge in [-0.1, -0.05) is 11.6 Å². The molecule has 3 nitrogen and oxygen atoms in total. The van der Waals surface area contributed by atoms with E-state index >= 15 is 0 Å². The summed E-state index contributed by atoms with van der Waals surface area (Å²) in [4.78, 5) is 12.9. The van der Waals surface area contributed by atoms with E-state index in [2.05, 4.69) is 5.32 Å². The first-order valence-corrected chi connectivity index (χ1v) is 6.56. The van der Waals surface area contributed by atoms with Crippen LogP contribution in [-0.2, 0) is 4.79 Å². The summed E-state index contributed by atoms with van der Waals surface area (Å²) in [5.41, 5.74) is 5.31. The number of halogens is 2. The summed E-state index contributed by atoms with van der Waals surface area (Å²) in [6, 6.07) is 3.75. The van der Waals surface area contributed by atoms with Crippen LogP contribution in [0.3, 0.4) is 0 Å². The molecule has 0 bridgehead atoms. The maximum absolute atomic E-state index is 11.9. The van der Waals surface area contributed by atoms with E-state index < -0.39 is 5.54 Å². The van der Waals surface area contributed by atoms with Crippen molar-refractivity contribution in [3.63, 3.8) is 0 Å². The molecule has 0 aromatic carbocycles. The predicted molar refractivity (Wildman–Crippen MR) is 73.9 cm³/mol. The maximum Gasteiger partial charge on any atom is 0.240 e. The Hall–Kier alpha value is -0.290. The number of amides is 1. The van der Waals surface area contributed by atoms with Crippen molar-refractivity contribution in [2.75, 3.05) is 0 Å². The molecule has 0 aliphatic heterocycles. The van der Waals surface area contributed by atoms with E-state index in [4.69, 9.17) is 17.3 Å².